The number of fused-ring (bicyclic) bond motifs is 2. The molecule has 0 amide bonds. The van der Waals surface area contributed by atoms with E-state index in [9.17, 15) is 0 Å². The molecule has 0 atom stereocenters. The molecule has 0 aliphatic heterocycles. The van der Waals surface area contributed by atoms with Crippen LogP contribution < -0.4 is 0 Å². The molecular weight excluding hydrogens is 256 g/mol. The van der Waals surface area contributed by atoms with Crippen molar-refractivity contribution in [2.45, 2.75) is 6.42 Å². The summed E-state index contributed by atoms with van der Waals surface area (Å²) in [7, 11) is 0. The topological polar surface area (TPSA) is 24.7 Å². The molecule has 0 heterocycles. The van der Waals surface area contributed by atoms with E-state index in [0.717, 1.165) is 17.7 Å². The van der Waals surface area contributed by atoms with Gasteiger partial charge in [-0.05, 0) is 41.7 Å². The zero-order valence-electron chi connectivity index (χ0n) is 11.5. The van der Waals surface area contributed by atoms with E-state index in [1.165, 1.54) is 11.1 Å². The minimum absolute atomic E-state index is 0.809. The predicted molar refractivity (Wildman–Crippen MR) is 85.9 cm³/mol. The van der Waals surface area contributed by atoms with Crippen LogP contribution in [0.5, 0.6) is 0 Å². The van der Waals surface area contributed by atoms with E-state index in [0.29, 0.717) is 0 Å². The Morgan fingerprint density at radius 3 is 2.67 bits per heavy atom. The van der Waals surface area contributed by atoms with Crippen molar-refractivity contribution in [1.29, 1.82) is 0 Å². The van der Waals surface area contributed by atoms with Crippen LogP contribution in [0, 0.1) is 12.0 Å². The van der Waals surface area contributed by atoms with Gasteiger partial charge in [0.05, 0.1) is 11.7 Å². The van der Waals surface area contributed by atoms with Gasteiger partial charge in [0.2, 0.25) is 0 Å². The van der Waals surface area contributed by atoms with Crippen LogP contribution in [0.25, 0.3) is 0 Å². The lowest BCUT2D eigenvalue weighted by molar-refractivity contribution is 1.20. The van der Waals surface area contributed by atoms with Crippen LogP contribution in [0.3, 0.4) is 0 Å². The standard InChI is InChI=1S/C19H14N2/c1-2-11-19(12-3-1)21-20-14-13-17-10-6-8-16-7-4-5-9-18(17)15-16/h1-12H,15H2. The van der Waals surface area contributed by atoms with Gasteiger partial charge in [-0.1, -0.05) is 59.8 Å². The molecular formula is C19H14N2. The number of rotatable bonds is 1. The van der Waals surface area contributed by atoms with Gasteiger partial charge in [0.1, 0.15) is 0 Å². The molecule has 0 saturated carbocycles. The first kappa shape index (κ1) is 13.1. The molecule has 0 unspecified atom stereocenters. The van der Waals surface area contributed by atoms with E-state index in [4.69, 9.17) is 0 Å². The summed E-state index contributed by atoms with van der Waals surface area (Å²) in [5.74, 6) is 3.09. The Labute approximate surface area is 124 Å². The van der Waals surface area contributed by atoms with Gasteiger partial charge in [-0.3, -0.25) is 0 Å². The molecule has 21 heavy (non-hydrogen) atoms. The molecule has 2 nitrogen and oxygen atoms in total. The third-order valence-corrected chi connectivity index (χ3v) is 3.19. The highest BCUT2D eigenvalue weighted by atomic mass is 15.1. The second kappa shape index (κ2) is 6.49. The molecule has 1 aromatic rings. The molecule has 2 heteroatoms. The van der Waals surface area contributed by atoms with E-state index in [1.807, 2.05) is 48.6 Å². The Kier molecular flexibility index (Phi) is 4.04. The normalized spacial score (nSPS) is 16.3. The summed E-state index contributed by atoms with van der Waals surface area (Å²) >= 11 is 0. The van der Waals surface area contributed by atoms with E-state index in [2.05, 4.69) is 46.5 Å². The molecule has 2 aliphatic rings. The Morgan fingerprint density at radius 1 is 0.905 bits per heavy atom. The van der Waals surface area contributed by atoms with Gasteiger partial charge in [-0.25, -0.2) is 0 Å². The van der Waals surface area contributed by atoms with Crippen molar-refractivity contribution in [3.05, 3.63) is 89.6 Å². The summed E-state index contributed by atoms with van der Waals surface area (Å²) in [6.07, 6.45) is 15.4. The van der Waals surface area contributed by atoms with E-state index >= 15 is 0 Å². The molecule has 0 aromatic heterocycles. The monoisotopic (exact) mass is 270 g/mol. The minimum atomic E-state index is 0.809. The second-order valence-corrected chi connectivity index (χ2v) is 4.71. The third-order valence-electron chi connectivity index (χ3n) is 3.19. The minimum Gasteiger partial charge on any atom is -0.142 e. The Hall–Kier alpha value is -2.92. The number of hydrogen-bond acceptors (Lipinski definition) is 2. The van der Waals surface area contributed by atoms with Crippen LogP contribution in [0.4, 0.5) is 5.69 Å². The number of azo groups is 1. The lowest BCUT2D eigenvalue weighted by atomic mass is 10.0. The number of allylic oxidation sites excluding steroid dienone is 10. The fraction of sp³-hybridized carbons (Fsp3) is 0.0526. The summed E-state index contributed by atoms with van der Waals surface area (Å²) in [6.45, 7) is 0. The van der Waals surface area contributed by atoms with Gasteiger partial charge < -0.3 is 0 Å². The first-order valence-corrected chi connectivity index (χ1v) is 6.84. The van der Waals surface area contributed by atoms with Crippen molar-refractivity contribution in [2.75, 3.05) is 0 Å². The zero-order chi connectivity index (χ0) is 14.3. The van der Waals surface area contributed by atoms with Crippen LogP contribution in [0.2, 0.25) is 0 Å². The average Bonchev–Trinajstić information content (AvgIpc) is 2.87. The predicted octanol–water partition coefficient (Wildman–Crippen LogP) is 5.04. The van der Waals surface area contributed by atoms with Crippen molar-refractivity contribution in [3.8, 4) is 12.0 Å². The molecule has 0 radical (unpaired) electrons. The maximum Gasteiger partial charge on any atom is 0.0864 e. The molecule has 0 saturated heterocycles. The molecule has 100 valence electrons. The molecule has 0 spiro atoms. The maximum atomic E-state index is 4.07. The molecule has 2 aliphatic carbocycles. The largest absolute Gasteiger partial charge is 0.142 e. The highest BCUT2D eigenvalue weighted by Gasteiger charge is 2.08. The highest BCUT2D eigenvalue weighted by Crippen LogP contribution is 2.25. The van der Waals surface area contributed by atoms with Crippen LogP contribution >= 0.6 is 0 Å². The lowest BCUT2D eigenvalue weighted by Gasteiger charge is -2.02. The number of benzene rings is 1. The first-order chi connectivity index (χ1) is 10.4. The first-order valence-electron chi connectivity index (χ1n) is 6.84. The van der Waals surface area contributed by atoms with E-state index < -0.39 is 0 Å². The second-order valence-electron chi connectivity index (χ2n) is 4.71. The molecule has 2 bridgehead atoms. The Morgan fingerprint density at radius 2 is 1.76 bits per heavy atom. The van der Waals surface area contributed by atoms with Crippen molar-refractivity contribution in [3.63, 3.8) is 0 Å². The fourth-order valence-electron chi connectivity index (χ4n) is 2.15. The Bertz CT molecular complexity index is 761. The lowest BCUT2D eigenvalue weighted by Crippen LogP contribution is -1.86. The van der Waals surface area contributed by atoms with Crippen LogP contribution in [0.15, 0.2) is 99.8 Å². The molecule has 0 N–H and O–H groups in total. The molecule has 1 aromatic carbocycles. The van der Waals surface area contributed by atoms with Gasteiger partial charge >= 0.3 is 0 Å². The van der Waals surface area contributed by atoms with Crippen LogP contribution in [-0.4, -0.2) is 0 Å². The summed E-state index contributed by atoms with van der Waals surface area (Å²) < 4.78 is 0. The number of nitrogens with zero attached hydrogens (tertiary/aromatic N) is 2. The van der Waals surface area contributed by atoms with Crippen molar-refractivity contribution in [2.24, 2.45) is 10.2 Å². The summed E-state index contributed by atoms with van der Waals surface area (Å²) in [6, 6.07) is 12.4. The summed E-state index contributed by atoms with van der Waals surface area (Å²) in [4.78, 5) is 0. The third kappa shape index (κ3) is 3.55. The van der Waals surface area contributed by atoms with Crippen molar-refractivity contribution in [1.82, 2.24) is 0 Å². The van der Waals surface area contributed by atoms with E-state index in [-0.39, 0.29) is 0 Å². The SMILES string of the molecule is C(#CC1=CC=CC2=CC=CC=C1C2)N=Nc1ccccc1. The molecule has 0 fully saturated rings. The van der Waals surface area contributed by atoms with Gasteiger partial charge in [0.15, 0.2) is 0 Å². The Balaban J connectivity index is 1.78. The smallest absolute Gasteiger partial charge is 0.0864 e. The van der Waals surface area contributed by atoms with Crippen LogP contribution in [-0.2, 0) is 0 Å². The van der Waals surface area contributed by atoms with E-state index in [1.54, 1.807) is 0 Å². The van der Waals surface area contributed by atoms with Crippen LogP contribution in [0.1, 0.15) is 6.42 Å². The molecule has 3 rings (SSSR count). The van der Waals surface area contributed by atoms with Crippen molar-refractivity contribution >= 4 is 5.69 Å². The average molecular weight is 270 g/mol. The summed E-state index contributed by atoms with van der Waals surface area (Å²) in [5, 5.41) is 8.01. The summed E-state index contributed by atoms with van der Waals surface area (Å²) in [5.41, 5.74) is 4.30. The van der Waals surface area contributed by atoms with Gasteiger partial charge in [0, 0.05) is 5.57 Å². The quantitative estimate of drug-likeness (QED) is 0.504. The van der Waals surface area contributed by atoms with Crippen molar-refractivity contribution < 1.29 is 0 Å². The maximum absolute atomic E-state index is 4.07. The number of hydrogen-bond donors (Lipinski definition) is 0. The van der Waals surface area contributed by atoms with Gasteiger partial charge in [-0.2, -0.15) is 0 Å². The van der Waals surface area contributed by atoms with Gasteiger partial charge in [0.25, 0.3) is 0 Å². The highest BCUT2D eigenvalue weighted by molar-refractivity contribution is 5.55. The van der Waals surface area contributed by atoms with Gasteiger partial charge in [-0.15, -0.1) is 5.11 Å². The zero-order valence-corrected chi connectivity index (χ0v) is 11.5. The fourth-order valence-corrected chi connectivity index (χ4v) is 2.15.